The Kier molecular flexibility index (Phi) is 2.24. The molecule has 15 heavy (non-hydrogen) atoms. The molecule has 0 spiro atoms. The van der Waals surface area contributed by atoms with Crippen LogP contribution in [0.5, 0.6) is 0 Å². The molecular formula is C13H14O2. The first kappa shape index (κ1) is 10.1. The van der Waals surface area contributed by atoms with Crippen molar-refractivity contribution in [2.24, 2.45) is 0 Å². The van der Waals surface area contributed by atoms with Crippen LogP contribution >= 0.6 is 0 Å². The quantitative estimate of drug-likeness (QED) is 0.708. The highest BCUT2D eigenvalue weighted by Crippen LogP contribution is 2.32. The standard InChI is InChI=1S/C13H14O2/c1-9(2)13(15)8-7-10-5-3-4-6-11(10)12(13)14/h3-6,15H,1,7-8H2,2H3. The number of aryl methyl sites for hydroxylation is 1. The number of carbonyl (C=O) groups excluding carboxylic acids is 1. The van der Waals surface area contributed by atoms with Gasteiger partial charge in [-0.05, 0) is 30.9 Å². The molecule has 78 valence electrons. The second kappa shape index (κ2) is 3.31. The number of hydrogen-bond donors (Lipinski definition) is 1. The van der Waals surface area contributed by atoms with Crippen LogP contribution in [0.4, 0.5) is 0 Å². The molecule has 2 rings (SSSR count). The van der Waals surface area contributed by atoms with Gasteiger partial charge in [-0.1, -0.05) is 30.8 Å². The van der Waals surface area contributed by atoms with Crippen molar-refractivity contribution in [3.05, 3.63) is 47.5 Å². The predicted octanol–water partition coefficient (Wildman–Crippen LogP) is 2.12. The van der Waals surface area contributed by atoms with Gasteiger partial charge in [0.25, 0.3) is 0 Å². The Morgan fingerprint density at radius 1 is 1.47 bits per heavy atom. The van der Waals surface area contributed by atoms with E-state index in [0.29, 0.717) is 17.6 Å². The van der Waals surface area contributed by atoms with Crippen LogP contribution in [0.2, 0.25) is 0 Å². The molecule has 2 nitrogen and oxygen atoms in total. The van der Waals surface area contributed by atoms with E-state index in [-0.39, 0.29) is 5.78 Å². The topological polar surface area (TPSA) is 37.3 Å². The SMILES string of the molecule is C=C(C)C1(O)CCc2ccccc2C1=O. The monoisotopic (exact) mass is 202 g/mol. The minimum atomic E-state index is -1.35. The summed E-state index contributed by atoms with van der Waals surface area (Å²) >= 11 is 0. The van der Waals surface area contributed by atoms with Crippen molar-refractivity contribution < 1.29 is 9.90 Å². The second-order valence-electron chi connectivity index (χ2n) is 4.13. The van der Waals surface area contributed by atoms with E-state index in [1.54, 1.807) is 13.0 Å². The van der Waals surface area contributed by atoms with Gasteiger partial charge in [0.2, 0.25) is 0 Å². The van der Waals surface area contributed by atoms with Gasteiger partial charge in [-0.2, -0.15) is 0 Å². The third-order valence-electron chi connectivity index (χ3n) is 3.10. The van der Waals surface area contributed by atoms with Gasteiger partial charge in [0.15, 0.2) is 5.78 Å². The molecule has 0 aromatic heterocycles. The van der Waals surface area contributed by atoms with Gasteiger partial charge < -0.3 is 5.11 Å². The van der Waals surface area contributed by atoms with Crippen LogP contribution in [-0.4, -0.2) is 16.5 Å². The molecule has 0 bridgehead atoms. The van der Waals surface area contributed by atoms with E-state index >= 15 is 0 Å². The van der Waals surface area contributed by atoms with Crippen molar-refractivity contribution in [2.75, 3.05) is 0 Å². The second-order valence-corrected chi connectivity index (χ2v) is 4.13. The van der Waals surface area contributed by atoms with Crippen LogP contribution in [0, 0.1) is 0 Å². The van der Waals surface area contributed by atoms with Crippen LogP contribution in [-0.2, 0) is 6.42 Å². The zero-order chi connectivity index (χ0) is 11.1. The predicted molar refractivity (Wildman–Crippen MR) is 58.9 cm³/mol. The highest BCUT2D eigenvalue weighted by Gasteiger charge is 2.40. The zero-order valence-electron chi connectivity index (χ0n) is 8.79. The summed E-state index contributed by atoms with van der Waals surface area (Å²) in [5, 5.41) is 10.2. The number of Topliss-reactive ketones (excluding diaryl/α,β-unsaturated/α-hetero) is 1. The number of rotatable bonds is 1. The summed E-state index contributed by atoms with van der Waals surface area (Å²) in [5.74, 6) is -0.211. The molecular weight excluding hydrogens is 188 g/mol. The summed E-state index contributed by atoms with van der Waals surface area (Å²) < 4.78 is 0. The molecule has 1 aromatic carbocycles. The van der Waals surface area contributed by atoms with E-state index in [0.717, 1.165) is 12.0 Å². The van der Waals surface area contributed by atoms with Crippen molar-refractivity contribution in [3.63, 3.8) is 0 Å². The Morgan fingerprint density at radius 3 is 2.80 bits per heavy atom. The third kappa shape index (κ3) is 1.41. The van der Waals surface area contributed by atoms with E-state index in [1.807, 2.05) is 18.2 Å². The lowest BCUT2D eigenvalue weighted by molar-refractivity contribution is 0.0424. The molecule has 1 aromatic rings. The molecule has 0 amide bonds. The van der Waals surface area contributed by atoms with Crippen molar-refractivity contribution in [1.29, 1.82) is 0 Å². The number of carbonyl (C=O) groups is 1. The molecule has 1 atom stereocenters. The molecule has 1 unspecified atom stereocenters. The minimum absolute atomic E-state index is 0.211. The van der Waals surface area contributed by atoms with E-state index < -0.39 is 5.60 Å². The van der Waals surface area contributed by atoms with Crippen molar-refractivity contribution in [1.82, 2.24) is 0 Å². The number of ketones is 1. The molecule has 0 heterocycles. The van der Waals surface area contributed by atoms with Gasteiger partial charge in [0.1, 0.15) is 5.60 Å². The Morgan fingerprint density at radius 2 is 2.13 bits per heavy atom. The van der Waals surface area contributed by atoms with Crippen molar-refractivity contribution in [3.8, 4) is 0 Å². The zero-order valence-corrected chi connectivity index (χ0v) is 8.79. The lowest BCUT2D eigenvalue weighted by atomic mass is 9.76. The molecule has 0 saturated heterocycles. The lowest BCUT2D eigenvalue weighted by Crippen LogP contribution is -2.43. The normalized spacial score (nSPS) is 24.8. The molecule has 0 aliphatic heterocycles. The van der Waals surface area contributed by atoms with Gasteiger partial charge in [-0.15, -0.1) is 0 Å². The van der Waals surface area contributed by atoms with E-state index in [1.165, 1.54) is 0 Å². The summed E-state index contributed by atoms with van der Waals surface area (Å²) in [6.07, 6.45) is 1.17. The lowest BCUT2D eigenvalue weighted by Gasteiger charge is -2.32. The number of aliphatic hydroxyl groups is 1. The van der Waals surface area contributed by atoms with E-state index in [2.05, 4.69) is 6.58 Å². The number of benzene rings is 1. The maximum absolute atomic E-state index is 12.1. The van der Waals surface area contributed by atoms with Crippen LogP contribution < -0.4 is 0 Å². The fraction of sp³-hybridized carbons (Fsp3) is 0.308. The molecule has 2 heteroatoms. The molecule has 0 radical (unpaired) electrons. The summed E-state index contributed by atoms with van der Waals surface area (Å²) in [4.78, 5) is 12.1. The molecule has 1 aliphatic carbocycles. The minimum Gasteiger partial charge on any atom is -0.377 e. The van der Waals surface area contributed by atoms with Crippen molar-refractivity contribution in [2.45, 2.75) is 25.4 Å². The van der Waals surface area contributed by atoms with Crippen LogP contribution in [0.1, 0.15) is 29.3 Å². The Labute approximate surface area is 89.2 Å². The average molecular weight is 202 g/mol. The first-order chi connectivity index (χ1) is 7.05. The van der Waals surface area contributed by atoms with E-state index in [4.69, 9.17) is 0 Å². The van der Waals surface area contributed by atoms with Gasteiger partial charge in [-0.3, -0.25) is 4.79 Å². The maximum atomic E-state index is 12.1. The molecule has 1 aliphatic rings. The Balaban J connectivity index is 2.51. The van der Waals surface area contributed by atoms with Gasteiger partial charge in [0, 0.05) is 5.56 Å². The first-order valence-electron chi connectivity index (χ1n) is 5.07. The largest absolute Gasteiger partial charge is 0.377 e. The van der Waals surface area contributed by atoms with Crippen LogP contribution in [0.15, 0.2) is 36.4 Å². The summed E-state index contributed by atoms with van der Waals surface area (Å²) in [7, 11) is 0. The Hall–Kier alpha value is -1.41. The fourth-order valence-corrected chi connectivity index (χ4v) is 2.02. The highest BCUT2D eigenvalue weighted by atomic mass is 16.3. The van der Waals surface area contributed by atoms with Crippen LogP contribution in [0.3, 0.4) is 0 Å². The maximum Gasteiger partial charge on any atom is 0.198 e. The molecule has 1 N–H and O–H groups in total. The van der Waals surface area contributed by atoms with Crippen molar-refractivity contribution >= 4 is 5.78 Å². The fourth-order valence-electron chi connectivity index (χ4n) is 2.02. The smallest absolute Gasteiger partial charge is 0.198 e. The third-order valence-corrected chi connectivity index (χ3v) is 3.10. The molecule has 0 fully saturated rings. The molecule has 0 saturated carbocycles. The Bertz CT molecular complexity index is 434. The first-order valence-corrected chi connectivity index (χ1v) is 5.07. The summed E-state index contributed by atoms with van der Waals surface area (Å²) in [5.41, 5.74) is 0.832. The summed E-state index contributed by atoms with van der Waals surface area (Å²) in [6.45, 7) is 5.40. The van der Waals surface area contributed by atoms with E-state index in [9.17, 15) is 9.90 Å². The average Bonchev–Trinajstić information content (AvgIpc) is 2.24. The van der Waals surface area contributed by atoms with Gasteiger partial charge in [0.05, 0.1) is 0 Å². The van der Waals surface area contributed by atoms with Crippen LogP contribution in [0.25, 0.3) is 0 Å². The van der Waals surface area contributed by atoms with Gasteiger partial charge in [-0.25, -0.2) is 0 Å². The number of hydrogen-bond acceptors (Lipinski definition) is 2. The van der Waals surface area contributed by atoms with Gasteiger partial charge >= 0.3 is 0 Å². The number of fused-ring (bicyclic) bond motifs is 1. The highest BCUT2D eigenvalue weighted by molar-refractivity contribution is 6.06. The summed E-state index contributed by atoms with van der Waals surface area (Å²) in [6, 6.07) is 7.44.